The van der Waals surface area contributed by atoms with Crippen LogP contribution in [0.4, 0.5) is 18.9 Å². The smallest absolute Gasteiger partial charge is 0.416 e. The maximum atomic E-state index is 12.8. The number of rotatable bonds is 6. The first-order chi connectivity index (χ1) is 16.7. The van der Waals surface area contributed by atoms with Crippen LogP contribution in [0.5, 0.6) is 0 Å². The van der Waals surface area contributed by atoms with E-state index in [1.54, 1.807) is 18.2 Å². The number of amides is 2. The zero-order valence-electron chi connectivity index (χ0n) is 17.7. The maximum Gasteiger partial charge on any atom is 0.416 e. The van der Waals surface area contributed by atoms with Crippen LogP contribution in [-0.4, -0.2) is 28.4 Å². The summed E-state index contributed by atoms with van der Waals surface area (Å²) in [7, 11) is 0. The molecule has 4 rings (SSSR count). The monoisotopic (exact) mass is 520 g/mol. The minimum atomic E-state index is -4.53. The summed E-state index contributed by atoms with van der Waals surface area (Å²) >= 11 is 7.15. The predicted molar refractivity (Wildman–Crippen MR) is 128 cm³/mol. The minimum Gasteiger partial charge on any atom is -0.455 e. The van der Waals surface area contributed by atoms with Crippen molar-refractivity contribution in [3.63, 3.8) is 0 Å². The molecule has 1 aromatic heterocycles. The van der Waals surface area contributed by atoms with Crippen LogP contribution in [0.1, 0.15) is 17.7 Å². The van der Waals surface area contributed by atoms with Crippen LogP contribution in [0.3, 0.4) is 0 Å². The van der Waals surface area contributed by atoms with Crippen molar-refractivity contribution < 1.29 is 27.2 Å². The SMILES string of the molecule is O=C(CC1S/C(=N/N=C/c2ccc(-c3ccccc3Cl)o2)NC1=O)Nc1cccc(C(F)(F)F)c1. The van der Waals surface area contributed by atoms with Gasteiger partial charge in [-0.05, 0) is 42.5 Å². The molecule has 0 radical (unpaired) electrons. The summed E-state index contributed by atoms with van der Waals surface area (Å²) in [5.41, 5.74) is -0.169. The van der Waals surface area contributed by atoms with E-state index in [1.165, 1.54) is 18.3 Å². The van der Waals surface area contributed by atoms with E-state index in [0.29, 0.717) is 16.5 Å². The van der Waals surface area contributed by atoms with Crippen molar-refractivity contribution >= 4 is 52.2 Å². The highest BCUT2D eigenvalue weighted by Crippen LogP contribution is 2.31. The van der Waals surface area contributed by atoms with E-state index >= 15 is 0 Å². The van der Waals surface area contributed by atoms with Crippen LogP contribution in [-0.2, 0) is 15.8 Å². The largest absolute Gasteiger partial charge is 0.455 e. The number of benzene rings is 2. The molecule has 35 heavy (non-hydrogen) atoms. The number of anilines is 1. The molecule has 1 atom stereocenters. The van der Waals surface area contributed by atoms with Crippen molar-refractivity contribution in [1.29, 1.82) is 0 Å². The zero-order chi connectivity index (χ0) is 25.0. The molecule has 180 valence electrons. The first-order valence-electron chi connectivity index (χ1n) is 10.1. The molecule has 7 nitrogen and oxygen atoms in total. The number of nitrogens with zero attached hydrogens (tertiary/aromatic N) is 2. The first kappa shape index (κ1) is 24.6. The molecular formula is C23H16ClF3N4O3S. The molecule has 0 aliphatic carbocycles. The van der Waals surface area contributed by atoms with Gasteiger partial charge in [0.15, 0.2) is 5.17 Å². The lowest BCUT2D eigenvalue weighted by Crippen LogP contribution is -2.28. The summed E-state index contributed by atoms with van der Waals surface area (Å²) < 4.78 is 44.2. The second-order valence-corrected chi connectivity index (χ2v) is 8.86. The topological polar surface area (TPSA) is 96.1 Å². The van der Waals surface area contributed by atoms with E-state index in [-0.39, 0.29) is 17.3 Å². The van der Waals surface area contributed by atoms with Crippen molar-refractivity contribution in [2.75, 3.05) is 5.32 Å². The van der Waals surface area contributed by atoms with E-state index < -0.39 is 28.8 Å². The molecule has 2 N–H and O–H groups in total. The van der Waals surface area contributed by atoms with Gasteiger partial charge in [-0.2, -0.15) is 18.3 Å². The second kappa shape index (κ2) is 10.4. The van der Waals surface area contributed by atoms with Crippen molar-refractivity contribution in [3.8, 4) is 11.3 Å². The van der Waals surface area contributed by atoms with Crippen LogP contribution in [0, 0.1) is 0 Å². The van der Waals surface area contributed by atoms with Crippen LogP contribution < -0.4 is 10.6 Å². The maximum absolute atomic E-state index is 12.8. The Morgan fingerprint density at radius 2 is 1.97 bits per heavy atom. The number of nitrogens with one attached hydrogen (secondary N) is 2. The number of amidine groups is 1. The number of hydrogen-bond acceptors (Lipinski definition) is 6. The Labute approximate surface area is 206 Å². The lowest BCUT2D eigenvalue weighted by molar-refractivity contribution is -0.137. The Bertz CT molecular complexity index is 1320. The third kappa shape index (κ3) is 6.31. The Kier molecular flexibility index (Phi) is 7.27. The van der Waals surface area contributed by atoms with Crippen molar-refractivity contribution in [1.82, 2.24) is 5.32 Å². The van der Waals surface area contributed by atoms with E-state index in [1.807, 2.05) is 18.2 Å². The molecule has 2 amide bonds. The van der Waals surface area contributed by atoms with Crippen LogP contribution in [0.2, 0.25) is 5.02 Å². The van der Waals surface area contributed by atoms with Gasteiger partial charge in [0, 0.05) is 17.7 Å². The van der Waals surface area contributed by atoms with E-state index in [4.69, 9.17) is 16.0 Å². The molecular weight excluding hydrogens is 505 g/mol. The van der Waals surface area contributed by atoms with Gasteiger partial charge < -0.3 is 15.1 Å². The quantitative estimate of drug-likeness (QED) is 0.328. The Morgan fingerprint density at radius 1 is 1.17 bits per heavy atom. The summed E-state index contributed by atoms with van der Waals surface area (Å²) in [5.74, 6) is -0.0951. The van der Waals surface area contributed by atoms with Gasteiger partial charge in [-0.1, -0.05) is 41.6 Å². The number of furan rings is 1. The van der Waals surface area contributed by atoms with Gasteiger partial charge >= 0.3 is 6.18 Å². The second-order valence-electron chi connectivity index (χ2n) is 7.26. The number of thioether (sulfide) groups is 1. The van der Waals surface area contributed by atoms with E-state index in [2.05, 4.69) is 20.8 Å². The van der Waals surface area contributed by atoms with Crippen molar-refractivity contribution in [3.05, 3.63) is 77.0 Å². The van der Waals surface area contributed by atoms with Crippen LogP contribution >= 0.6 is 23.4 Å². The average Bonchev–Trinajstić information content (AvgIpc) is 3.40. The molecule has 1 unspecified atom stereocenters. The van der Waals surface area contributed by atoms with Gasteiger partial charge in [-0.25, -0.2) is 0 Å². The number of alkyl halides is 3. The van der Waals surface area contributed by atoms with Gasteiger partial charge in [0.05, 0.1) is 16.8 Å². The summed E-state index contributed by atoms with van der Waals surface area (Å²) in [6, 6.07) is 14.9. The predicted octanol–water partition coefficient (Wildman–Crippen LogP) is 5.57. The highest BCUT2D eigenvalue weighted by atomic mass is 35.5. The zero-order valence-corrected chi connectivity index (χ0v) is 19.2. The molecule has 12 heteroatoms. The van der Waals surface area contributed by atoms with Gasteiger partial charge in [-0.3, -0.25) is 9.59 Å². The lowest BCUT2D eigenvalue weighted by atomic mass is 10.2. The molecule has 0 bridgehead atoms. The van der Waals surface area contributed by atoms with Crippen molar-refractivity contribution in [2.24, 2.45) is 10.2 Å². The fourth-order valence-corrected chi connectivity index (χ4v) is 4.26. The van der Waals surface area contributed by atoms with E-state index in [9.17, 15) is 22.8 Å². The minimum absolute atomic E-state index is 0.0127. The molecule has 3 aromatic rings. The highest BCUT2D eigenvalue weighted by Gasteiger charge is 2.33. The lowest BCUT2D eigenvalue weighted by Gasteiger charge is -2.10. The van der Waals surface area contributed by atoms with Gasteiger partial charge in [0.2, 0.25) is 11.8 Å². The Balaban J connectivity index is 1.33. The number of carbonyl (C=O) groups excluding carboxylic acids is 2. The van der Waals surface area contributed by atoms with E-state index in [0.717, 1.165) is 29.5 Å². The summed E-state index contributed by atoms with van der Waals surface area (Å²) in [6.45, 7) is 0. The molecule has 1 aliphatic rings. The third-order valence-electron chi connectivity index (χ3n) is 4.72. The highest BCUT2D eigenvalue weighted by molar-refractivity contribution is 8.15. The summed E-state index contributed by atoms with van der Waals surface area (Å²) in [6.07, 6.45) is -3.43. The Morgan fingerprint density at radius 3 is 2.74 bits per heavy atom. The van der Waals surface area contributed by atoms with Gasteiger partial charge in [0.1, 0.15) is 16.8 Å². The number of carbonyl (C=O) groups is 2. The molecule has 0 spiro atoms. The molecule has 1 aliphatic heterocycles. The van der Waals surface area contributed by atoms with Crippen molar-refractivity contribution in [2.45, 2.75) is 17.8 Å². The molecule has 2 heterocycles. The normalized spacial score (nSPS) is 17.2. The van der Waals surface area contributed by atoms with Gasteiger partial charge in [0.25, 0.3) is 0 Å². The number of halogens is 4. The summed E-state index contributed by atoms with van der Waals surface area (Å²) in [4.78, 5) is 24.4. The standard InChI is InChI=1S/C23H16ClF3N4O3S/c24-17-7-2-1-6-16(17)18-9-8-15(34-18)12-28-31-22-30-21(33)19(35-22)11-20(32)29-14-5-3-4-13(10-14)23(25,26)27/h1-10,12,19H,11H2,(H,29,32)(H,30,31,33)/b28-12+. The molecule has 0 saturated carbocycles. The van der Waals surface area contributed by atoms with Crippen LogP contribution in [0.15, 0.2) is 75.3 Å². The average molecular weight is 521 g/mol. The first-order valence-corrected chi connectivity index (χ1v) is 11.4. The van der Waals surface area contributed by atoms with Gasteiger partial charge in [-0.15, -0.1) is 5.10 Å². The van der Waals surface area contributed by atoms with Crippen LogP contribution in [0.25, 0.3) is 11.3 Å². The fraction of sp³-hybridized carbons (Fsp3) is 0.130. The summed E-state index contributed by atoms with van der Waals surface area (Å²) in [5, 5.41) is 12.6. The fourth-order valence-electron chi connectivity index (χ4n) is 3.11. The Hall–Kier alpha value is -3.57. The molecule has 1 fully saturated rings. The third-order valence-corrected chi connectivity index (χ3v) is 6.12. The molecule has 2 aromatic carbocycles. The molecule has 1 saturated heterocycles. The number of hydrogen-bond donors (Lipinski definition) is 2.